The number of hydrogen-bond donors (Lipinski definition) is 3. The number of benzene rings is 2. The number of guanidine groups is 1. The Kier molecular flexibility index (Phi) is 11.0. The Morgan fingerprint density at radius 2 is 1.89 bits per heavy atom. The molecule has 0 aliphatic carbocycles. The number of halogens is 1. The molecule has 0 aliphatic heterocycles. The van der Waals surface area contributed by atoms with Crippen molar-refractivity contribution in [1.82, 2.24) is 10.6 Å². The number of nitrogens with one attached hydrogen (secondary N) is 2. The molecule has 0 radical (unpaired) electrons. The number of para-hydroxylation sites is 1. The summed E-state index contributed by atoms with van der Waals surface area (Å²) in [7, 11) is 1.76. The summed E-state index contributed by atoms with van der Waals surface area (Å²) in [5.74, 6) is 1.91. The molecule has 0 fully saturated rings. The highest BCUT2D eigenvalue weighted by Crippen LogP contribution is 2.17. The van der Waals surface area contributed by atoms with Gasteiger partial charge in [0.15, 0.2) is 5.96 Å². The average Bonchev–Trinajstić information content (AvgIpc) is 2.68. The summed E-state index contributed by atoms with van der Waals surface area (Å²) in [5, 5.41) is 15.9. The maximum absolute atomic E-state index is 9.30. The standard InChI is InChI=1S/C21H27N3O2.HI/c1-3-15-26-20-9-5-4-8-18(20)16-24-21(22-2)23-14-6-7-17-10-12-19(25)13-11-17;/h3-5,8-13,25H,1,6-7,14-16H2,2H3,(H2,22,23,24);1H. The van der Waals surface area contributed by atoms with Gasteiger partial charge in [-0.1, -0.05) is 43.0 Å². The van der Waals surface area contributed by atoms with Crippen LogP contribution in [0.2, 0.25) is 0 Å². The zero-order valence-electron chi connectivity index (χ0n) is 15.6. The minimum atomic E-state index is 0. The van der Waals surface area contributed by atoms with Crippen LogP contribution in [0.4, 0.5) is 0 Å². The number of aliphatic imine (C=N–C) groups is 1. The number of phenols is 1. The highest BCUT2D eigenvalue weighted by atomic mass is 127. The third-order valence-electron chi connectivity index (χ3n) is 3.87. The van der Waals surface area contributed by atoms with Crippen molar-refractivity contribution >= 4 is 29.9 Å². The monoisotopic (exact) mass is 481 g/mol. The zero-order chi connectivity index (χ0) is 18.6. The van der Waals surface area contributed by atoms with Gasteiger partial charge in [-0.25, -0.2) is 0 Å². The number of nitrogens with zero attached hydrogens (tertiary/aromatic N) is 1. The van der Waals surface area contributed by atoms with Crippen LogP contribution in [-0.4, -0.2) is 31.3 Å². The van der Waals surface area contributed by atoms with Crippen molar-refractivity contribution < 1.29 is 9.84 Å². The van der Waals surface area contributed by atoms with Gasteiger partial charge in [-0.05, 0) is 36.6 Å². The van der Waals surface area contributed by atoms with E-state index >= 15 is 0 Å². The lowest BCUT2D eigenvalue weighted by Crippen LogP contribution is -2.37. The molecule has 5 nitrogen and oxygen atoms in total. The molecule has 6 heteroatoms. The van der Waals surface area contributed by atoms with E-state index in [0.717, 1.165) is 36.7 Å². The van der Waals surface area contributed by atoms with Crippen LogP contribution in [0.15, 0.2) is 66.2 Å². The van der Waals surface area contributed by atoms with E-state index in [1.54, 1.807) is 25.3 Å². The van der Waals surface area contributed by atoms with Crippen molar-refractivity contribution in [3.63, 3.8) is 0 Å². The van der Waals surface area contributed by atoms with E-state index in [9.17, 15) is 5.11 Å². The van der Waals surface area contributed by atoms with Gasteiger partial charge in [-0.3, -0.25) is 4.99 Å². The van der Waals surface area contributed by atoms with E-state index in [0.29, 0.717) is 18.9 Å². The number of rotatable bonds is 9. The van der Waals surface area contributed by atoms with Crippen LogP contribution >= 0.6 is 24.0 Å². The predicted octanol–water partition coefficient (Wildman–Crippen LogP) is 3.87. The number of aromatic hydroxyl groups is 1. The maximum atomic E-state index is 9.30. The van der Waals surface area contributed by atoms with E-state index < -0.39 is 0 Å². The average molecular weight is 481 g/mol. The molecule has 0 atom stereocenters. The first-order chi connectivity index (χ1) is 12.7. The van der Waals surface area contributed by atoms with Crippen molar-refractivity contribution in [3.8, 4) is 11.5 Å². The molecule has 2 aromatic rings. The van der Waals surface area contributed by atoms with Crippen LogP contribution in [0, 0.1) is 0 Å². The second kappa shape index (κ2) is 13.0. The first-order valence-electron chi connectivity index (χ1n) is 8.77. The summed E-state index contributed by atoms with van der Waals surface area (Å²) in [4.78, 5) is 4.26. The van der Waals surface area contributed by atoms with Crippen LogP contribution in [0.3, 0.4) is 0 Å². The van der Waals surface area contributed by atoms with Gasteiger partial charge in [0, 0.05) is 25.7 Å². The van der Waals surface area contributed by atoms with Crippen LogP contribution in [0.5, 0.6) is 11.5 Å². The molecule has 0 aromatic heterocycles. The Labute approximate surface area is 178 Å². The van der Waals surface area contributed by atoms with E-state index in [1.165, 1.54) is 5.56 Å². The van der Waals surface area contributed by atoms with Crippen molar-refractivity contribution in [2.45, 2.75) is 19.4 Å². The van der Waals surface area contributed by atoms with Crippen molar-refractivity contribution in [2.24, 2.45) is 4.99 Å². The summed E-state index contributed by atoms with van der Waals surface area (Å²) in [6, 6.07) is 15.3. The van der Waals surface area contributed by atoms with Crippen molar-refractivity contribution in [1.29, 1.82) is 0 Å². The Hall–Kier alpha value is -2.22. The molecule has 2 aromatic carbocycles. The van der Waals surface area contributed by atoms with E-state index in [2.05, 4.69) is 22.2 Å². The van der Waals surface area contributed by atoms with E-state index in [1.807, 2.05) is 36.4 Å². The van der Waals surface area contributed by atoms with Crippen LogP contribution in [-0.2, 0) is 13.0 Å². The Morgan fingerprint density at radius 3 is 2.59 bits per heavy atom. The second-order valence-electron chi connectivity index (χ2n) is 5.83. The van der Waals surface area contributed by atoms with Gasteiger partial charge in [0.2, 0.25) is 0 Å². The molecular weight excluding hydrogens is 453 g/mol. The number of aryl methyl sites for hydroxylation is 1. The van der Waals surface area contributed by atoms with Crippen molar-refractivity contribution in [2.75, 3.05) is 20.2 Å². The minimum absolute atomic E-state index is 0. The molecule has 3 N–H and O–H groups in total. The van der Waals surface area contributed by atoms with E-state index in [4.69, 9.17) is 4.74 Å². The maximum Gasteiger partial charge on any atom is 0.191 e. The molecule has 0 spiro atoms. The highest BCUT2D eigenvalue weighted by Gasteiger charge is 2.04. The quantitative estimate of drug-likeness (QED) is 0.167. The molecule has 0 amide bonds. The molecule has 0 aliphatic rings. The van der Waals surface area contributed by atoms with Crippen LogP contribution in [0.25, 0.3) is 0 Å². The third-order valence-corrected chi connectivity index (χ3v) is 3.87. The Bertz CT molecular complexity index is 718. The molecule has 0 saturated heterocycles. The molecule has 0 bridgehead atoms. The molecular formula is C21H28IN3O2. The van der Waals surface area contributed by atoms with Crippen LogP contribution in [0.1, 0.15) is 17.5 Å². The van der Waals surface area contributed by atoms with Gasteiger partial charge in [-0.15, -0.1) is 24.0 Å². The molecule has 27 heavy (non-hydrogen) atoms. The summed E-state index contributed by atoms with van der Waals surface area (Å²) in [6.45, 7) is 5.61. The molecule has 146 valence electrons. The van der Waals surface area contributed by atoms with Gasteiger partial charge in [-0.2, -0.15) is 0 Å². The van der Waals surface area contributed by atoms with Gasteiger partial charge in [0.25, 0.3) is 0 Å². The van der Waals surface area contributed by atoms with Crippen molar-refractivity contribution in [3.05, 3.63) is 72.3 Å². The van der Waals surface area contributed by atoms with Gasteiger partial charge < -0.3 is 20.5 Å². The lowest BCUT2D eigenvalue weighted by molar-refractivity contribution is 0.358. The first kappa shape index (κ1) is 22.8. The summed E-state index contributed by atoms with van der Waals surface area (Å²) >= 11 is 0. The SMILES string of the molecule is C=CCOc1ccccc1CNC(=NC)NCCCc1ccc(O)cc1.I. The fourth-order valence-corrected chi connectivity index (χ4v) is 2.50. The third kappa shape index (κ3) is 8.34. The van der Waals surface area contributed by atoms with Gasteiger partial charge in [0.05, 0.1) is 0 Å². The number of phenolic OH excluding ortho intramolecular Hbond substituents is 1. The number of hydrogen-bond acceptors (Lipinski definition) is 3. The molecule has 2 rings (SSSR count). The zero-order valence-corrected chi connectivity index (χ0v) is 18.0. The Balaban J connectivity index is 0.00000364. The lowest BCUT2D eigenvalue weighted by Gasteiger charge is -2.14. The minimum Gasteiger partial charge on any atom is -0.508 e. The highest BCUT2D eigenvalue weighted by molar-refractivity contribution is 14.0. The smallest absolute Gasteiger partial charge is 0.191 e. The normalized spacial score (nSPS) is 10.6. The summed E-state index contributed by atoms with van der Waals surface area (Å²) < 4.78 is 5.67. The van der Waals surface area contributed by atoms with Gasteiger partial charge in [0.1, 0.15) is 18.1 Å². The predicted molar refractivity (Wildman–Crippen MR) is 122 cm³/mol. The Morgan fingerprint density at radius 1 is 1.15 bits per heavy atom. The fraction of sp³-hybridized carbons (Fsp3) is 0.286. The fourth-order valence-electron chi connectivity index (χ4n) is 2.50. The summed E-state index contributed by atoms with van der Waals surface area (Å²) in [6.07, 6.45) is 3.66. The number of ether oxygens (including phenoxy) is 1. The molecule has 0 heterocycles. The topological polar surface area (TPSA) is 65.9 Å². The molecule has 0 saturated carbocycles. The first-order valence-corrected chi connectivity index (χ1v) is 8.77. The lowest BCUT2D eigenvalue weighted by atomic mass is 10.1. The van der Waals surface area contributed by atoms with E-state index in [-0.39, 0.29) is 24.0 Å². The van der Waals surface area contributed by atoms with Gasteiger partial charge >= 0.3 is 0 Å². The largest absolute Gasteiger partial charge is 0.508 e. The molecule has 0 unspecified atom stereocenters. The van der Waals surface area contributed by atoms with Crippen LogP contribution < -0.4 is 15.4 Å². The summed E-state index contributed by atoms with van der Waals surface area (Å²) in [5.41, 5.74) is 2.28. The second-order valence-corrected chi connectivity index (χ2v) is 5.83.